The Morgan fingerprint density at radius 3 is 2.79 bits per heavy atom. The molecule has 1 fully saturated rings. The summed E-state index contributed by atoms with van der Waals surface area (Å²) in [6.07, 6.45) is 9.64. The van der Waals surface area contributed by atoms with Crippen LogP contribution in [0.4, 0.5) is 5.69 Å². The van der Waals surface area contributed by atoms with E-state index in [-0.39, 0.29) is 0 Å². The number of nitrogens with one attached hydrogen (secondary N) is 1. The molecule has 0 atom stereocenters. The Morgan fingerprint density at radius 2 is 2.07 bits per heavy atom. The molecule has 1 saturated carbocycles. The zero-order valence-electron chi connectivity index (χ0n) is 8.04. The summed E-state index contributed by atoms with van der Waals surface area (Å²) in [5.74, 6) is 0. The lowest BCUT2D eigenvalue weighted by molar-refractivity contribution is 0.462. The first-order chi connectivity index (χ1) is 6.86. The van der Waals surface area contributed by atoms with Crippen molar-refractivity contribution in [3.8, 4) is 0 Å². The molecular formula is C10H14ClN3. The van der Waals surface area contributed by atoms with Crippen LogP contribution in [0.15, 0.2) is 12.5 Å². The molecule has 0 amide bonds. The molecule has 0 aliphatic heterocycles. The summed E-state index contributed by atoms with van der Waals surface area (Å²) in [7, 11) is 0. The van der Waals surface area contributed by atoms with Gasteiger partial charge in [0.25, 0.3) is 0 Å². The zero-order chi connectivity index (χ0) is 9.80. The smallest absolute Gasteiger partial charge is 0.155 e. The maximum atomic E-state index is 5.93. The molecule has 3 nitrogen and oxygen atoms in total. The second kappa shape index (κ2) is 4.60. The number of hydrogen-bond acceptors (Lipinski definition) is 3. The number of hydrogen-bond donors (Lipinski definition) is 1. The van der Waals surface area contributed by atoms with Crippen molar-refractivity contribution < 1.29 is 0 Å². The fourth-order valence-corrected chi connectivity index (χ4v) is 2.03. The van der Waals surface area contributed by atoms with Crippen LogP contribution in [0.25, 0.3) is 0 Å². The summed E-state index contributed by atoms with van der Waals surface area (Å²) in [5, 5.41) is 3.91. The molecular weight excluding hydrogens is 198 g/mol. The highest BCUT2D eigenvalue weighted by molar-refractivity contribution is 6.31. The molecule has 1 aromatic rings. The molecule has 1 aromatic heterocycles. The van der Waals surface area contributed by atoms with Crippen molar-refractivity contribution in [2.24, 2.45) is 0 Å². The van der Waals surface area contributed by atoms with Crippen LogP contribution in [0.5, 0.6) is 0 Å². The molecule has 0 bridgehead atoms. The van der Waals surface area contributed by atoms with E-state index < -0.39 is 0 Å². The standard InChI is InChI=1S/C10H14ClN3/c11-10-9(6-12-7-13-10)14-8-4-2-1-3-5-8/h6-8,14H,1-5H2. The lowest BCUT2D eigenvalue weighted by Crippen LogP contribution is -2.22. The summed E-state index contributed by atoms with van der Waals surface area (Å²) in [6, 6.07) is 0.548. The van der Waals surface area contributed by atoms with E-state index >= 15 is 0 Å². The average molecular weight is 212 g/mol. The number of nitrogens with zero attached hydrogens (tertiary/aromatic N) is 2. The minimum absolute atomic E-state index is 0.519. The van der Waals surface area contributed by atoms with E-state index in [2.05, 4.69) is 15.3 Å². The highest BCUT2D eigenvalue weighted by atomic mass is 35.5. The third-order valence-corrected chi connectivity index (χ3v) is 2.93. The minimum atomic E-state index is 0.519. The van der Waals surface area contributed by atoms with E-state index in [4.69, 9.17) is 11.6 Å². The monoisotopic (exact) mass is 211 g/mol. The van der Waals surface area contributed by atoms with Crippen LogP contribution in [0, 0.1) is 0 Å². The summed E-state index contributed by atoms with van der Waals surface area (Å²) >= 11 is 5.93. The Hall–Kier alpha value is -0.830. The first kappa shape index (κ1) is 9.71. The third-order valence-electron chi connectivity index (χ3n) is 2.63. The quantitative estimate of drug-likeness (QED) is 0.765. The molecule has 76 valence electrons. The Balaban J connectivity index is 1.99. The van der Waals surface area contributed by atoms with Gasteiger partial charge < -0.3 is 5.32 Å². The van der Waals surface area contributed by atoms with E-state index in [0.717, 1.165) is 5.69 Å². The van der Waals surface area contributed by atoms with Crippen LogP contribution < -0.4 is 5.32 Å². The van der Waals surface area contributed by atoms with Crippen molar-refractivity contribution in [2.75, 3.05) is 5.32 Å². The van der Waals surface area contributed by atoms with Crippen LogP contribution >= 0.6 is 11.6 Å². The molecule has 0 saturated heterocycles. The van der Waals surface area contributed by atoms with Crippen molar-refractivity contribution in [3.05, 3.63) is 17.7 Å². The van der Waals surface area contributed by atoms with Gasteiger partial charge in [-0.15, -0.1) is 0 Å². The summed E-state index contributed by atoms with van der Waals surface area (Å²) < 4.78 is 0. The Bertz CT molecular complexity index is 297. The van der Waals surface area contributed by atoms with Gasteiger partial charge in [-0.05, 0) is 12.8 Å². The number of anilines is 1. The zero-order valence-corrected chi connectivity index (χ0v) is 8.80. The van der Waals surface area contributed by atoms with E-state index in [0.29, 0.717) is 11.2 Å². The lowest BCUT2D eigenvalue weighted by Gasteiger charge is -2.23. The van der Waals surface area contributed by atoms with Crippen LogP contribution in [-0.4, -0.2) is 16.0 Å². The van der Waals surface area contributed by atoms with Crippen LogP contribution in [-0.2, 0) is 0 Å². The van der Waals surface area contributed by atoms with Gasteiger partial charge in [0.05, 0.1) is 11.9 Å². The van der Waals surface area contributed by atoms with Gasteiger partial charge in [-0.3, -0.25) is 0 Å². The lowest BCUT2D eigenvalue weighted by atomic mass is 9.95. The average Bonchev–Trinajstić information content (AvgIpc) is 2.23. The fourth-order valence-electron chi connectivity index (χ4n) is 1.88. The number of aromatic nitrogens is 2. The molecule has 4 heteroatoms. The van der Waals surface area contributed by atoms with Gasteiger partial charge in [-0.2, -0.15) is 0 Å². The van der Waals surface area contributed by atoms with Crippen LogP contribution in [0.2, 0.25) is 5.15 Å². The molecule has 1 heterocycles. The molecule has 1 N–H and O–H groups in total. The van der Waals surface area contributed by atoms with Crippen LogP contribution in [0.1, 0.15) is 32.1 Å². The molecule has 0 unspecified atom stereocenters. The largest absolute Gasteiger partial charge is 0.379 e. The van der Waals surface area contributed by atoms with E-state index in [9.17, 15) is 0 Å². The normalized spacial score (nSPS) is 18.1. The topological polar surface area (TPSA) is 37.8 Å². The molecule has 1 aliphatic rings. The van der Waals surface area contributed by atoms with Crippen LogP contribution in [0.3, 0.4) is 0 Å². The maximum absolute atomic E-state index is 5.93. The van der Waals surface area contributed by atoms with Crippen molar-refractivity contribution >= 4 is 17.3 Å². The maximum Gasteiger partial charge on any atom is 0.155 e. The second-order valence-electron chi connectivity index (χ2n) is 3.71. The Morgan fingerprint density at radius 1 is 1.29 bits per heavy atom. The van der Waals surface area contributed by atoms with Crippen molar-refractivity contribution in [2.45, 2.75) is 38.1 Å². The van der Waals surface area contributed by atoms with Gasteiger partial charge in [-0.1, -0.05) is 30.9 Å². The number of rotatable bonds is 2. The number of halogens is 1. The van der Waals surface area contributed by atoms with Crippen molar-refractivity contribution in [1.82, 2.24) is 9.97 Å². The van der Waals surface area contributed by atoms with Gasteiger partial charge in [0.1, 0.15) is 6.33 Å². The molecule has 14 heavy (non-hydrogen) atoms. The van der Waals surface area contributed by atoms with Gasteiger partial charge >= 0.3 is 0 Å². The first-order valence-corrected chi connectivity index (χ1v) is 5.46. The highest BCUT2D eigenvalue weighted by Crippen LogP contribution is 2.24. The molecule has 1 aliphatic carbocycles. The molecule has 2 rings (SSSR count). The minimum Gasteiger partial charge on any atom is -0.379 e. The predicted octanol–water partition coefficient (Wildman–Crippen LogP) is 2.87. The molecule has 0 radical (unpaired) electrons. The molecule has 0 spiro atoms. The summed E-state index contributed by atoms with van der Waals surface area (Å²) in [5.41, 5.74) is 0.862. The van der Waals surface area contributed by atoms with Gasteiger partial charge in [0.2, 0.25) is 0 Å². The predicted molar refractivity (Wildman–Crippen MR) is 57.5 cm³/mol. The van der Waals surface area contributed by atoms with Crippen molar-refractivity contribution in [3.63, 3.8) is 0 Å². The highest BCUT2D eigenvalue weighted by Gasteiger charge is 2.14. The Kier molecular flexibility index (Phi) is 3.19. The van der Waals surface area contributed by atoms with Crippen molar-refractivity contribution in [1.29, 1.82) is 0 Å². The van der Waals surface area contributed by atoms with E-state index in [1.54, 1.807) is 6.20 Å². The van der Waals surface area contributed by atoms with Gasteiger partial charge in [0, 0.05) is 6.04 Å². The summed E-state index contributed by atoms with van der Waals surface area (Å²) in [6.45, 7) is 0. The van der Waals surface area contributed by atoms with Gasteiger partial charge in [-0.25, -0.2) is 9.97 Å². The second-order valence-corrected chi connectivity index (χ2v) is 4.06. The van der Waals surface area contributed by atoms with E-state index in [1.807, 2.05) is 0 Å². The Labute approximate surface area is 88.9 Å². The van der Waals surface area contributed by atoms with E-state index in [1.165, 1.54) is 38.4 Å². The fraction of sp³-hybridized carbons (Fsp3) is 0.600. The SMILES string of the molecule is Clc1ncncc1NC1CCCCC1. The summed E-state index contributed by atoms with van der Waals surface area (Å²) in [4.78, 5) is 7.89. The third kappa shape index (κ3) is 2.35. The van der Waals surface area contributed by atoms with Gasteiger partial charge in [0.15, 0.2) is 5.15 Å². The molecule has 0 aromatic carbocycles. The first-order valence-electron chi connectivity index (χ1n) is 5.08.